The van der Waals surface area contributed by atoms with E-state index in [1.54, 1.807) is 13.0 Å². The van der Waals surface area contributed by atoms with Gasteiger partial charge in [-0.1, -0.05) is 22.9 Å². The predicted molar refractivity (Wildman–Crippen MR) is 55.2 cm³/mol. The highest BCUT2D eigenvalue weighted by molar-refractivity contribution is 9.10. The third-order valence-electron chi connectivity index (χ3n) is 2.04. The first kappa shape index (κ1) is 10.3. The van der Waals surface area contributed by atoms with Gasteiger partial charge in [-0.15, -0.1) is 0 Å². The molecule has 3 heteroatoms. The lowest BCUT2D eigenvalue weighted by atomic mass is 10.0. The molecule has 1 N–H and O–H groups in total. The first-order valence-electron chi connectivity index (χ1n) is 4.08. The molecule has 70 valence electrons. The van der Waals surface area contributed by atoms with E-state index in [1.165, 1.54) is 0 Å². The number of halogens is 1. The number of aryl methyl sites for hydroxylation is 1. The van der Waals surface area contributed by atoms with E-state index in [2.05, 4.69) is 15.9 Å². The minimum atomic E-state index is -0.867. The number of hydrogen-bond acceptors (Lipinski definition) is 1. The Hall–Kier alpha value is -0.830. The Morgan fingerprint density at radius 1 is 1.54 bits per heavy atom. The Kier molecular flexibility index (Phi) is 3.09. The predicted octanol–water partition coefficient (Wildman–Crippen LogP) is 3.02. The van der Waals surface area contributed by atoms with Crippen molar-refractivity contribution in [3.8, 4) is 0 Å². The second-order valence-electron chi connectivity index (χ2n) is 2.91. The molecule has 0 aliphatic rings. The van der Waals surface area contributed by atoms with Crippen molar-refractivity contribution >= 4 is 21.9 Å². The lowest BCUT2D eigenvalue weighted by molar-refractivity contribution is 0.0696. The summed E-state index contributed by atoms with van der Waals surface area (Å²) in [7, 11) is 0. The van der Waals surface area contributed by atoms with Gasteiger partial charge in [-0.3, -0.25) is 0 Å². The summed E-state index contributed by atoms with van der Waals surface area (Å²) in [6.45, 7) is 3.80. The Balaban J connectivity index is 3.33. The molecule has 0 aliphatic heterocycles. The maximum absolute atomic E-state index is 10.8. The zero-order chi connectivity index (χ0) is 10.0. The Labute approximate surface area is 85.7 Å². The lowest BCUT2D eigenvalue weighted by Gasteiger charge is -2.06. The molecule has 1 aromatic rings. The number of carboxylic acid groups (broad SMARTS) is 1. The van der Waals surface area contributed by atoms with E-state index >= 15 is 0 Å². The van der Waals surface area contributed by atoms with Crippen LogP contribution in [0.25, 0.3) is 0 Å². The van der Waals surface area contributed by atoms with Crippen molar-refractivity contribution in [3.63, 3.8) is 0 Å². The molecular weight excluding hydrogens is 232 g/mol. The van der Waals surface area contributed by atoms with Gasteiger partial charge < -0.3 is 5.11 Å². The van der Waals surface area contributed by atoms with Crippen LogP contribution in [0.1, 0.15) is 28.4 Å². The van der Waals surface area contributed by atoms with Crippen LogP contribution >= 0.6 is 15.9 Å². The number of aromatic carboxylic acids is 1. The molecule has 0 atom stereocenters. The molecule has 2 nitrogen and oxygen atoms in total. The van der Waals surface area contributed by atoms with Crippen molar-refractivity contribution in [2.75, 3.05) is 0 Å². The van der Waals surface area contributed by atoms with Crippen LogP contribution < -0.4 is 0 Å². The fourth-order valence-electron chi connectivity index (χ4n) is 1.16. The normalized spacial score (nSPS) is 10.1. The van der Waals surface area contributed by atoms with Gasteiger partial charge >= 0.3 is 5.97 Å². The summed E-state index contributed by atoms with van der Waals surface area (Å²) in [5, 5.41) is 8.89. The van der Waals surface area contributed by atoms with Crippen LogP contribution in [0.2, 0.25) is 0 Å². The quantitative estimate of drug-likeness (QED) is 0.866. The van der Waals surface area contributed by atoms with E-state index in [1.807, 2.05) is 13.0 Å². The average molecular weight is 243 g/mol. The molecule has 0 saturated carbocycles. The summed E-state index contributed by atoms with van der Waals surface area (Å²) < 4.78 is 0.865. The number of carboxylic acids is 1. The second kappa shape index (κ2) is 3.92. The van der Waals surface area contributed by atoms with E-state index in [4.69, 9.17) is 5.11 Å². The Morgan fingerprint density at radius 2 is 2.15 bits per heavy atom. The largest absolute Gasteiger partial charge is 0.478 e. The molecule has 13 heavy (non-hydrogen) atoms. The molecule has 0 bridgehead atoms. The highest BCUT2D eigenvalue weighted by Gasteiger charge is 2.10. The van der Waals surface area contributed by atoms with E-state index < -0.39 is 5.97 Å². The number of rotatable bonds is 2. The molecule has 0 fully saturated rings. The van der Waals surface area contributed by atoms with Gasteiger partial charge in [0.15, 0.2) is 0 Å². The van der Waals surface area contributed by atoms with Crippen LogP contribution in [0.5, 0.6) is 0 Å². The van der Waals surface area contributed by atoms with E-state index in [9.17, 15) is 4.79 Å². The summed E-state index contributed by atoms with van der Waals surface area (Å²) in [5.74, 6) is -0.867. The monoisotopic (exact) mass is 242 g/mol. The first-order chi connectivity index (χ1) is 6.06. The van der Waals surface area contributed by atoms with Gasteiger partial charge in [-0.05, 0) is 36.6 Å². The van der Waals surface area contributed by atoms with Gasteiger partial charge in [0.25, 0.3) is 0 Å². The number of benzene rings is 1. The summed E-state index contributed by atoms with van der Waals surface area (Å²) in [4.78, 5) is 10.8. The van der Waals surface area contributed by atoms with E-state index in [-0.39, 0.29) is 0 Å². The molecule has 0 saturated heterocycles. The minimum Gasteiger partial charge on any atom is -0.478 e. The van der Waals surface area contributed by atoms with Crippen molar-refractivity contribution in [2.45, 2.75) is 20.3 Å². The molecule has 0 spiro atoms. The fraction of sp³-hybridized carbons (Fsp3) is 0.300. The molecule has 0 aromatic heterocycles. The molecular formula is C10H11BrO2. The summed E-state index contributed by atoms with van der Waals surface area (Å²) >= 11 is 3.34. The van der Waals surface area contributed by atoms with Gasteiger partial charge in [-0.2, -0.15) is 0 Å². The van der Waals surface area contributed by atoms with Crippen molar-refractivity contribution in [2.24, 2.45) is 0 Å². The molecule has 1 rings (SSSR count). The van der Waals surface area contributed by atoms with Gasteiger partial charge in [0.2, 0.25) is 0 Å². The minimum absolute atomic E-state index is 0.381. The zero-order valence-electron chi connectivity index (χ0n) is 7.60. The topological polar surface area (TPSA) is 37.3 Å². The highest BCUT2D eigenvalue weighted by Crippen LogP contribution is 2.22. The van der Waals surface area contributed by atoms with Crippen molar-refractivity contribution in [1.82, 2.24) is 0 Å². The van der Waals surface area contributed by atoms with Crippen LogP contribution in [0.4, 0.5) is 0 Å². The maximum atomic E-state index is 10.8. The van der Waals surface area contributed by atoms with E-state index in [0.717, 1.165) is 22.0 Å². The second-order valence-corrected chi connectivity index (χ2v) is 3.76. The molecule has 0 unspecified atom stereocenters. The molecule has 0 aliphatic carbocycles. The first-order valence-corrected chi connectivity index (χ1v) is 4.88. The fourth-order valence-corrected chi connectivity index (χ4v) is 1.67. The maximum Gasteiger partial charge on any atom is 0.336 e. The molecule has 0 amide bonds. The zero-order valence-corrected chi connectivity index (χ0v) is 9.18. The SMILES string of the molecule is CCc1cc(Br)c(C)c(C(=O)O)c1. The summed E-state index contributed by atoms with van der Waals surface area (Å²) in [6.07, 6.45) is 0.846. The van der Waals surface area contributed by atoms with Crippen molar-refractivity contribution in [3.05, 3.63) is 33.3 Å². The van der Waals surface area contributed by atoms with Crippen LogP contribution in [0, 0.1) is 6.92 Å². The van der Waals surface area contributed by atoms with Gasteiger partial charge in [0.1, 0.15) is 0 Å². The number of hydrogen-bond donors (Lipinski definition) is 1. The molecule has 0 radical (unpaired) electrons. The third kappa shape index (κ3) is 2.10. The van der Waals surface area contributed by atoms with Crippen LogP contribution in [-0.4, -0.2) is 11.1 Å². The van der Waals surface area contributed by atoms with Gasteiger partial charge in [0, 0.05) is 4.47 Å². The smallest absolute Gasteiger partial charge is 0.336 e. The van der Waals surface area contributed by atoms with E-state index in [0.29, 0.717) is 5.56 Å². The van der Waals surface area contributed by atoms with Crippen molar-refractivity contribution in [1.29, 1.82) is 0 Å². The van der Waals surface area contributed by atoms with Gasteiger partial charge in [-0.25, -0.2) is 4.79 Å². The average Bonchev–Trinajstić information content (AvgIpc) is 2.09. The third-order valence-corrected chi connectivity index (χ3v) is 2.87. The lowest BCUT2D eigenvalue weighted by Crippen LogP contribution is -2.01. The molecule has 0 heterocycles. The van der Waals surface area contributed by atoms with Crippen LogP contribution in [0.15, 0.2) is 16.6 Å². The van der Waals surface area contributed by atoms with Crippen molar-refractivity contribution < 1.29 is 9.90 Å². The van der Waals surface area contributed by atoms with Crippen LogP contribution in [0.3, 0.4) is 0 Å². The van der Waals surface area contributed by atoms with Gasteiger partial charge in [0.05, 0.1) is 5.56 Å². The number of carbonyl (C=O) groups is 1. The summed E-state index contributed by atoms with van der Waals surface area (Å²) in [6, 6.07) is 3.68. The van der Waals surface area contributed by atoms with Crippen LogP contribution in [-0.2, 0) is 6.42 Å². The molecule has 1 aromatic carbocycles. The highest BCUT2D eigenvalue weighted by atomic mass is 79.9. The Bertz CT molecular complexity index is 345. The summed E-state index contributed by atoms with van der Waals surface area (Å²) in [5.41, 5.74) is 2.20. The Morgan fingerprint density at radius 3 is 2.62 bits per heavy atom. The standard InChI is InChI=1S/C10H11BrO2/c1-3-7-4-8(10(12)13)6(2)9(11)5-7/h4-5H,3H2,1-2H3,(H,12,13).